The van der Waals surface area contributed by atoms with Crippen molar-refractivity contribution in [2.24, 2.45) is 0 Å². The highest BCUT2D eigenvalue weighted by Gasteiger charge is 2.23. The van der Waals surface area contributed by atoms with Crippen molar-refractivity contribution >= 4 is 17.7 Å². The number of nitrogens with one attached hydrogen (secondary N) is 1. The fourth-order valence-electron chi connectivity index (χ4n) is 2.51. The van der Waals surface area contributed by atoms with Crippen LogP contribution >= 0.6 is 0 Å². The first-order valence-corrected chi connectivity index (χ1v) is 8.29. The normalized spacial score (nSPS) is 15.0. The van der Waals surface area contributed by atoms with Gasteiger partial charge in [-0.05, 0) is 38.1 Å². The van der Waals surface area contributed by atoms with Gasteiger partial charge in [0.2, 0.25) is 5.91 Å². The van der Waals surface area contributed by atoms with Gasteiger partial charge in [0.1, 0.15) is 5.75 Å². The van der Waals surface area contributed by atoms with E-state index in [1.54, 1.807) is 11.8 Å². The number of hydrogen-bond donors (Lipinski definition) is 1. The number of carbonyl (C=O) groups excluding carboxylic acids is 2. The number of ether oxygens (including phenoxy) is 2. The number of piperazine rings is 1. The van der Waals surface area contributed by atoms with Crippen molar-refractivity contribution in [3.63, 3.8) is 0 Å². The van der Waals surface area contributed by atoms with Gasteiger partial charge in [0.05, 0.1) is 19.8 Å². The minimum Gasteiger partial charge on any atom is -0.494 e. The lowest BCUT2D eigenvalue weighted by Crippen LogP contribution is -2.50. The first kappa shape index (κ1) is 18.1. The first-order valence-electron chi connectivity index (χ1n) is 8.29. The molecule has 1 aliphatic heterocycles. The van der Waals surface area contributed by atoms with Gasteiger partial charge in [0.25, 0.3) is 0 Å². The van der Waals surface area contributed by atoms with E-state index in [0.717, 1.165) is 11.4 Å². The Bertz CT molecular complexity index is 539. The molecule has 7 heteroatoms. The summed E-state index contributed by atoms with van der Waals surface area (Å²) < 4.78 is 10.4. The molecular weight excluding hydrogens is 310 g/mol. The molecule has 0 atom stereocenters. The maximum atomic E-state index is 12.1. The topological polar surface area (TPSA) is 71.1 Å². The number of anilines is 1. The van der Waals surface area contributed by atoms with E-state index in [1.165, 1.54) is 0 Å². The van der Waals surface area contributed by atoms with Crippen LogP contribution < -0.4 is 10.1 Å². The molecule has 1 N–H and O–H groups in total. The molecule has 0 aliphatic carbocycles. The Balaban J connectivity index is 1.74. The van der Waals surface area contributed by atoms with E-state index in [0.29, 0.717) is 45.9 Å². The van der Waals surface area contributed by atoms with E-state index < -0.39 is 0 Å². The molecule has 1 aliphatic rings. The molecule has 1 aromatic rings. The molecule has 7 nitrogen and oxygen atoms in total. The molecule has 1 aromatic carbocycles. The van der Waals surface area contributed by atoms with E-state index in [1.807, 2.05) is 36.1 Å². The van der Waals surface area contributed by atoms with Gasteiger partial charge in [-0.15, -0.1) is 0 Å². The van der Waals surface area contributed by atoms with E-state index in [9.17, 15) is 9.59 Å². The molecule has 0 saturated carbocycles. The summed E-state index contributed by atoms with van der Waals surface area (Å²) in [5.41, 5.74) is 0.744. The van der Waals surface area contributed by atoms with E-state index in [-0.39, 0.29) is 12.0 Å². The van der Waals surface area contributed by atoms with Crippen LogP contribution in [-0.2, 0) is 9.53 Å². The summed E-state index contributed by atoms with van der Waals surface area (Å²) in [4.78, 5) is 27.5. The lowest BCUT2D eigenvalue weighted by Gasteiger charge is -2.33. The summed E-state index contributed by atoms with van der Waals surface area (Å²) in [7, 11) is 0. The largest absolute Gasteiger partial charge is 0.494 e. The molecule has 0 unspecified atom stereocenters. The predicted molar refractivity (Wildman–Crippen MR) is 91.3 cm³/mol. The number of rotatable bonds is 6. The molecule has 0 bridgehead atoms. The highest BCUT2D eigenvalue weighted by Crippen LogP contribution is 2.15. The molecule has 1 saturated heterocycles. The van der Waals surface area contributed by atoms with Crippen molar-refractivity contribution in [3.05, 3.63) is 24.3 Å². The van der Waals surface area contributed by atoms with Crippen LogP contribution in [0, 0.1) is 0 Å². The Morgan fingerprint density at radius 2 is 1.71 bits per heavy atom. The zero-order valence-corrected chi connectivity index (χ0v) is 14.3. The minimum atomic E-state index is -0.281. The summed E-state index contributed by atoms with van der Waals surface area (Å²) in [5, 5.41) is 2.87. The second kappa shape index (κ2) is 9.12. The summed E-state index contributed by atoms with van der Waals surface area (Å²) in [6.45, 7) is 7.50. The van der Waals surface area contributed by atoms with Crippen molar-refractivity contribution in [2.75, 3.05) is 51.3 Å². The van der Waals surface area contributed by atoms with Gasteiger partial charge in [0, 0.05) is 31.9 Å². The SMILES string of the molecule is CCOC(=O)N1CCN(CC(=O)Nc2ccc(OCC)cc2)CC1. The van der Waals surface area contributed by atoms with Gasteiger partial charge in [-0.3, -0.25) is 9.69 Å². The second-order valence-electron chi connectivity index (χ2n) is 5.47. The van der Waals surface area contributed by atoms with Crippen molar-refractivity contribution in [1.29, 1.82) is 0 Å². The van der Waals surface area contributed by atoms with Crippen LogP contribution in [0.4, 0.5) is 10.5 Å². The van der Waals surface area contributed by atoms with Crippen molar-refractivity contribution < 1.29 is 19.1 Å². The van der Waals surface area contributed by atoms with Gasteiger partial charge < -0.3 is 19.7 Å². The molecule has 1 fully saturated rings. The quantitative estimate of drug-likeness (QED) is 0.858. The molecule has 1 heterocycles. The Labute approximate surface area is 142 Å². The summed E-state index contributed by atoms with van der Waals surface area (Å²) >= 11 is 0. The molecule has 2 rings (SSSR count). The predicted octanol–water partition coefficient (Wildman–Crippen LogP) is 1.80. The third-order valence-corrected chi connectivity index (χ3v) is 3.71. The Hall–Kier alpha value is -2.28. The summed E-state index contributed by atoms with van der Waals surface area (Å²) in [6, 6.07) is 7.30. The van der Waals surface area contributed by atoms with Crippen molar-refractivity contribution in [1.82, 2.24) is 9.80 Å². The average Bonchev–Trinajstić information content (AvgIpc) is 2.58. The summed E-state index contributed by atoms with van der Waals surface area (Å²) in [6.07, 6.45) is -0.281. The van der Waals surface area contributed by atoms with Crippen LogP contribution in [-0.4, -0.2) is 67.7 Å². The van der Waals surface area contributed by atoms with Crippen LogP contribution in [0.5, 0.6) is 5.75 Å². The number of benzene rings is 1. The third-order valence-electron chi connectivity index (χ3n) is 3.71. The van der Waals surface area contributed by atoms with Gasteiger partial charge in [-0.2, -0.15) is 0 Å². The zero-order chi connectivity index (χ0) is 17.4. The minimum absolute atomic E-state index is 0.0660. The molecule has 0 aromatic heterocycles. The molecule has 2 amide bonds. The van der Waals surface area contributed by atoms with E-state index >= 15 is 0 Å². The van der Waals surface area contributed by atoms with Gasteiger partial charge in [0.15, 0.2) is 0 Å². The highest BCUT2D eigenvalue weighted by atomic mass is 16.6. The smallest absolute Gasteiger partial charge is 0.409 e. The van der Waals surface area contributed by atoms with Gasteiger partial charge in [-0.1, -0.05) is 0 Å². The lowest BCUT2D eigenvalue weighted by molar-refractivity contribution is -0.117. The number of carbonyl (C=O) groups is 2. The maximum absolute atomic E-state index is 12.1. The molecule has 132 valence electrons. The molecule has 24 heavy (non-hydrogen) atoms. The highest BCUT2D eigenvalue weighted by molar-refractivity contribution is 5.92. The summed E-state index contributed by atoms with van der Waals surface area (Å²) in [5.74, 6) is 0.717. The lowest BCUT2D eigenvalue weighted by atomic mass is 10.3. The van der Waals surface area contributed by atoms with Gasteiger partial charge >= 0.3 is 6.09 Å². The van der Waals surface area contributed by atoms with Crippen LogP contribution in [0.3, 0.4) is 0 Å². The van der Waals surface area contributed by atoms with E-state index in [4.69, 9.17) is 9.47 Å². The van der Waals surface area contributed by atoms with Crippen molar-refractivity contribution in [2.45, 2.75) is 13.8 Å². The molecule has 0 spiro atoms. The maximum Gasteiger partial charge on any atom is 0.409 e. The van der Waals surface area contributed by atoms with E-state index in [2.05, 4.69) is 5.32 Å². The molecule has 0 radical (unpaired) electrons. The monoisotopic (exact) mass is 335 g/mol. The Morgan fingerprint density at radius 3 is 2.29 bits per heavy atom. The van der Waals surface area contributed by atoms with Crippen LogP contribution in [0.25, 0.3) is 0 Å². The number of amides is 2. The number of hydrogen-bond acceptors (Lipinski definition) is 5. The fourth-order valence-corrected chi connectivity index (χ4v) is 2.51. The van der Waals surface area contributed by atoms with Crippen LogP contribution in [0.1, 0.15) is 13.8 Å². The third kappa shape index (κ3) is 5.42. The Morgan fingerprint density at radius 1 is 1.04 bits per heavy atom. The fraction of sp³-hybridized carbons (Fsp3) is 0.529. The van der Waals surface area contributed by atoms with Gasteiger partial charge in [-0.25, -0.2) is 4.79 Å². The van der Waals surface area contributed by atoms with Crippen LogP contribution in [0.2, 0.25) is 0 Å². The Kier molecular flexibility index (Phi) is 6.87. The first-order chi connectivity index (χ1) is 11.6. The zero-order valence-electron chi connectivity index (χ0n) is 14.3. The second-order valence-corrected chi connectivity index (χ2v) is 5.47. The molecular formula is C17H25N3O4. The number of nitrogens with zero attached hydrogens (tertiary/aromatic N) is 2. The van der Waals surface area contributed by atoms with Crippen LogP contribution in [0.15, 0.2) is 24.3 Å². The average molecular weight is 335 g/mol. The van der Waals surface area contributed by atoms with Crippen molar-refractivity contribution in [3.8, 4) is 5.75 Å². The standard InChI is InChI=1S/C17H25N3O4/c1-3-23-15-7-5-14(6-8-15)18-16(21)13-19-9-11-20(12-10-19)17(22)24-4-2/h5-8H,3-4,9-13H2,1-2H3,(H,18,21).